The molecule has 1 unspecified atom stereocenters. The number of nitrogens with one attached hydrogen (secondary N) is 2. The molecule has 1 heterocycles. The molecule has 0 spiro atoms. The lowest BCUT2D eigenvalue weighted by Crippen LogP contribution is -2.51. The summed E-state index contributed by atoms with van der Waals surface area (Å²) in [4.78, 5) is 12.1. The largest absolute Gasteiger partial charge is 0.351 e. The summed E-state index contributed by atoms with van der Waals surface area (Å²) in [6.45, 7) is 5.52. The van der Waals surface area contributed by atoms with Gasteiger partial charge in [0.15, 0.2) is 0 Å². The van der Waals surface area contributed by atoms with E-state index in [0.29, 0.717) is 6.04 Å². The van der Waals surface area contributed by atoms with Gasteiger partial charge < -0.3 is 10.6 Å². The van der Waals surface area contributed by atoms with Crippen molar-refractivity contribution in [1.82, 2.24) is 10.6 Å². The highest BCUT2D eigenvalue weighted by Gasteiger charge is 2.36. The number of carbonyl (C=O) groups is 1. The van der Waals surface area contributed by atoms with E-state index in [0.717, 1.165) is 19.4 Å². The summed E-state index contributed by atoms with van der Waals surface area (Å²) in [5, 5.41) is 6.55. The zero-order valence-corrected chi connectivity index (χ0v) is 10.5. The number of hydrogen-bond donors (Lipinski definition) is 2. The Kier molecular flexibility index (Phi) is 3.53. The van der Waals surface area contributed by atoms with Crippen LogP contribution in [-0.2, 0) is 4.79 Å². The van der Waals surface area contributed by atoms with Crippen LogP contribution in [0.25, 0.3) is 0 Å². The molecular weight excluding hydrogens is 200 g/mol. The van der Waals surface area contributed by atoms with Crippen molar-refractivity contribution in [3.63, 3.8) is 0 Å². The molecule has 1 aliphatic carbocycles. The summed E-state index contributed by atoms with van der Waals surface area (Å²) in [6, 6.07) is 0.439. The van der Waals surface area contributed by atoms with Gasteiger partial charge in [-0.25, -0.2) is 0 Å². The molecule has 1 amide bonds. The first-order chi connectivity index (χ1) is 7.59. The fraction of sp³-hybridized carbons (Fsp3) is 0.923. The quantitative estimate of drug-likeness (QED) is 0.751. The van der Waals surface area contributed by atoms with Gasteiger partial charge in [0.1, 0.15) is 0 Å². The van der Waals surface area contributed by atoms with Crippen LogP contribution in [0.15, 0.2) is 0 Å². The van der Waals surface area contributed by atoms with Crippen molar-refractivity contribution in [2.75, 3.05) is 6.54 Å². The maximum absolute atomic E-state index is 12.1. The average Bonchev–Trinajstić information content (AvgIpc) is 2.59. The maximum Gasteiger partial charge on any atom is 0.237 e. The van der Waals surface area contributed by atoms with Gasteiger partial charge in [0.2, 0.25) is 5.91 Å². The van der Waals surface area contributed by atoms with Crippen LogP contribution < -0.4 is 10.6 Å². The fourth-order valence-corrected chi connectivity index (χ4v) is 2.94. The predicted octanol–water partition coefficient (Wildman–Crippen LogP) is 1.82. The van der Waals surface area contributed by atoms with Crippen molar-refractivity contribution in [1.29, 1.82) is 0 Å². The van der Waals surface area contributed by atoms with E-state index in [-0.39, 0.29) is 17.4 Å². The molecule has 0 radical (unpaired) electrons. The molecule has 2 fully saturated rings. The second-order valence-electron chi connectivity index (χ2n) is 5.94. The molecular formula is C13H24N2O. The first kappa shape index (κ1) is 11.9. The van der Waals surface area contributed by atoms with E-state index in [4.69, 9.17) is 0 Å². The van der Waals surface area contributed by atoms with Gasteiger partial charge in [-0.3, -0.25) is 4.79 Å². The zero-order valence-electron chi connectivity index (χ0n) is 10.5. The first-order valence-electron chi connectivity index (χ1n) is 6.63. The van der Waals surface area contributed by atoms with Crippen molar-refractivity contribution in [2.24, 2.45) is 5.41 Å². The molecule has 2 atom stereocenters. The lowest BCUT2D eigenvalue weighted by Gasteiger charge is -2.30. The van der Waals surface area contributed by atoms with Crippen LogP contribution in [0.2, 0.25) is 0 Å². The molecule has 2 N–H and O–H groups in total. The summed E-state index contributed by atoms with van der Waals surface area (Å²) >= 11 is 0. The maximum atomic E-state index is 12.1. The van der Waals surface area contributed by atoms with Crippen LogP contribution in [0.1, 0.15) is 52.4 Å². The van der Waals surface area contributed by atoms with Gasteiger partial charge in [-0.15, -0.1) is 0 Å². The van der Waals surface area contributed by atoms with E-state index >= 15 is 0 Å². The molecule has 16 heavy (non-hydrogen) atoms. The highest BCUT2D eigenvalue weighted by atomic mass is 16.2. The SMILES string of the molecule is CC1(C)CCCC1NC(=O)[C@@H]1CCCCN1. The molecule has 2 rings (SSSR count). The fourth-order valence-electron chi connectivity index (χ4n) is 2.94. The number of piperidine rings is 1. The molecule has 0 aromatic carbocycles. The third-order valence-corrected chi connectivity index (χ3v) is 4.20. The Morgan fingerprint density at radius 2 is 2.06 bits per heavy atom. The number of hydrogen-bond acceptors (Lipinski definition) is 2. The van der Waals surface area contributed by atoms with E-state index in [1.807, 2.05) is 0 Å². The molecule has 92 valence electrons. The highest BCUT2D eigenvalue weighted by Crippen LogP contribution is 2.37. The highest BCUT2D eigenvalue weighted by molar-refractivity contribution is 5.82. The zero-order chi connectivity index (χ0) is 11.6. The molecule has 0 aromatic rings. The van der Waals surface area contributed by atoms with Gasteiger partial charge in [-0.1, -0.05) is 26.7 Å². The molecule has 0 aromatic heterocycles. The third-order valence-electron chi connectivity index (χ3n) is 4.20. The minimum absolute atomic E-state index is 0.0603. The van der Waals surface area contributed by atoms with Gasteiger partial charge in [0.25, 0.3) is 0 Å². The topological polar surface area (TPSA) is 41.1 Å². The van der Waals surface area contributed by atoms with Crippen molar-refractivity contribution < 1.29 is 4.79 Å². The Bertz CT molecular complexity index is 257. The second kappa shape index (κ2) is 4.74. The van der Waals surface area contributed by atoms with Gasteiger partial charge in [0.05, 0.1) is 6.04 Å². The van der Waals surface area contributed by atoms with Crippen LogP contribution in [0, 0.1) is 5.41 Å². The monoisotopic (exact) mass is 224 g/mol. The lowest BCUT2D eigenvalue weighted by atomic mass is 9.87. The Morgan fingerprint density at radius 1 is 1.25 bits per heavy atom. The van der Waals surface area contributed by atoms with E-state index in [1.165, 1.54) is 25.7 Å². The van der Waals surface area contributed by atoms with Crippen molar-refractivity contribution >= 4 is 5.91 Å². The lowest BCUT2D eigenvalue weighted by molar-refractivity contribution is -0.125. The van der Waals surface area contributed by atoms with Gasteiger partial charge in [-0.2, -0.15) is 0 Å². The van der Waals surface area contributed by atoms with E-state index < -0.39 is 0 Å². The smallest absolute Gasteiger partial charge is 0.237 e. The molecule has 2 aliphatic rings. The summed E-state index contributed by atoms with van der Waals surface area (Å²) in [5.74, 6) is 0.222. The first-order valence-corrected chi connectivity index (χ1v) is 6.63. The minimum atomic E-state index is 0.0603. The van der Waals surface area contributed by atoms with Crippen molar-refractivity contribution in [2.45, 2.75) is 64.5 Å². The molecule has 3 heteroatoms. The number of carbonyl (C=O) groups excluding carboxylic acids is 1. The second-order valence-corrected chi connectivity index (χ2v) is 5.94. The summed E-state index contributed by atoms with van der Waals surface area (Å²) in [5.41, 5.74) is 0.282. The third kappa shape index (κ3) is 2.57. The van der Waals surface area contributed by atoms with Crippen LogP contribution in [0.4, 0.5) is 0 Å². The molecule has 0 bridgehead atoms. The minimum Gasteiger partial charge on any atom is -0.351 e. The summed E-state index contributed by atoms with van der Waals surface area (Å²) in [6.07, 6.45) is 7.01. The van der Waals surface area contributed by atoms with Crippen molar-refractivity contribution in [3.8, 4) is 0 Å². The molecule has 1 saturated heterocycles. The Labute approximate surface area is 98.4 Å². The average molecular weight is 224 g/mol. The van der Waals surface area contributed by atoms with Crippen LogP contribution >= 0.6 is 0 Å². The Hall–Kier alpha value is -0.570. The Balaban J connectivity index is 1.86. The van der Waals surface area contributed by atoms with Gasteiger partial charge in [0, 0.05) is 6.04 Å². The number of rotatable bonds is 2. The molecule has 3 nitrogen and oxygen atoms in total. The van der Waals surface area contributed by atoms with Crippen LogP contribution in [0.3, 0.4) is 0 Å². The number of amides is 1. The van der Waals surface area contributed by atoms with Crippen molar-refractivity contribution in [3.05, 3.63) is 0 Å². The summed E-state index contributed by atoms with van der Waals surface area (Å²) < 4.78 is 0. The van der Waals surface area contributed by atoms with E-state index in [2.05, 4.69) is 24.5 Å². The summed E-state index contributed by atoms with van der Waals surface area (Å²) in [7, 11) is 0. The van der Waals surface area contributed by atoms with Gasteiger partial charge >= 0.3 is 0 Å². The Morgan fingerprint density at radius 3 is 2.62 bits per heavy atom. The standard InChI is InChI=1S/C13H24N2O/c1-13(2)8-5-7-11(13)15-12(16)10-6-3-4-9-14-10/h10-11,14H,3-9H2,1-2H3,(H,15,16)/t10-,11?/m0/s1. The molecule has 1 saturated carbocycles. The van der Waals surface area contributed by atoms with E-state index in [1.54, 1.807) is 0 Å². The van der Waals surface area contributed by atoms with Gasteiger partial charge in [-0.05, 0) is 37.6 Å². The van der Waals surface area contributed by atoms with Crippen LogP contribution in [-0.4, -0.2) is 24.5 Å². The normalized spacial score (nSPS) is 33.6. The van der Waals surface area contributed by atoms with Crippen LogP contribution in [0.5, 0.6) is 0 Å². The predicted molar refractivity (Wildman–Crippen MR) is 65.2 cm³/mol. The molecule has 1 aliphatic heterocycles. The van der Waals surface area contributed by atoms with E-state index in [9.17, 15) is 4.79 Å².